The lowest BCUT2D eigenvalue weighted by Crippen LogP contribution is -2.32. The Kier molecular flexibility index (Phi) is 6.79. The van der Waals surface area contributed by atoms with Gasteiger partial charge < -0.3 is 10.6 Å². The molecule has 0 spiro atoms. The Balaban J connectivity index is 1.94. The number of carbonyl (C=O) groups is 2. The van der Waals surface area contributed by atoms with Crippen molar-refractivity contribution in [3.63, 3.8) is 0 Å². The fraction of sp³-hybridized carbons (Fsp3) is 0.182. The Morgan fingerprint density at radius 1 is 1.07 bits per heavy atom. The number of anilines is 2. The molecule has 8 heteroatoms. The lowest BCUT2D eigenvalue weighted by molar-refractivity contribution is -0.117. The summed E-state index contributed by atoms with van der Waals surface area (Å²) < 4.78 is 1.88. The third-order valence-electron chi connectivity index (χ3n) is 4.34. The maximum atomic E-state index is 12.7. The van der Waals surface area contributed by atoms with Crippen LogP contribution in [0.1, 0.15) is 19.4 Å². The van der Waals surface area contributed by atoms with E-state index >= 15 is 0 Å². The highest BCUT2D eigenvalue weighted by atomic mass is 79.9. The lowest BCUT2D eigenvalue weighted by atomic mass is 10.1. The highest BCUT2D eigenvalue weighted by Crippen LogP contribution is 2.20. The molecule has 2 aromatic carbocycles. The molecule has 30 heavy (non-hydrogen) atoms. The van der Waals surface area contributed by atoms with Crippen molar-refractivity contribution < 1.29 is 9.59 Å². The van der Waals surface area contributed by atoms with Crippen molar-refractivity contribution in [1.29, 1.82) is 0 Å². The van der Waals surface area contributed by atoms with Gasteiger partial charge >= 0.3 is 0 Å². The maximum Gasteiger partial charge on any atom is 0.291 e. The summed E-state index contributed by atoms with van der Waals surface area (Å²) in [6.45, 7) is 3.09. The summed E-state index contributed by atoms with van der Waals surface area (Å²) in [4.78, 5) is 36.8. The third kappa shape index (κ3) is 5.42. The summed E-state index contributed by atoms with van der Waals surface area (Å²) in [5, 5.41) is 9.61. The van der Waals surface area contributed by atoms with E-state index in [1.807, 2.05) is 30.3 Å². The molecular formula is C22H21BrN4O3. The van der Waals surface area contributed by atoms with E-state index in [0.29, 0.717) is 11.4 Å². The molecule has 1 heterocycles. The van der Waals surface area contributed by atoms with Gasteiger partial charge in [-0.1, -0.05) is 53.2 Å². The van der Waals surface area contributed by atoms with E-state index in [-0.39, 0.29) is 18.1 Å². The highest BCUT2D eigenvalue weighted by Gasteiger charge is 2.14. The summed E-state index contributed by atoms with van der Waals surface area (Å²) in [6.07, 6.45) is 0.903. The van der Waals surface area contributed by atoms with E-state index in [2.05, 4.69) is 38.6 Å². The molecule has 0 unspecified atom stereocenters. The van der Waals surface area contributed by atoms with Crippen LogP contribution < -0.4 is 16.2 Å². The van der Waals surface area contributed by atoms with Crippen LogP contribution in [0.4, 0.5) is 11.4 Å². The molecule has 0 atom stereocenters. The van der Waals surface area contributed by atoms with Crippen LogP contribution in [-0.2, 0) is 22.6 Å². The zero-order valence-electron chi connectivity index (χ0n) is 16.6. The van der Waals surface area contributed by atoms with E-state index in [1.54, 1.807) is 18.2 Å². The number of amides is 2. The van der Waals surface area contributed by atoms with Crippen LogP contribution in [0.3, 0.4) is 0 Å². The Bertz CT molecular complexity index is 1140. The van der Waals surface area contributed by atoms with Crippen molar-refractivity contribution in [3.8, 4) is 11.3 Å². The molecule has 0 aliphatic rings. The van der Waals surface area contributed by atoms with Crippen LogP contribution in [0, 0.1) is 0 Å². The zero-order valence-corrected chi connectivity index (χ0v) is 18.2. The smallest absolute Gasteiger partial charge is 0.291 e. The van der Waals surface area contributed by atoms with Gasteiger partial charge in [0.05, 0.1) is 5.69 Å². The van der Waals surface area contributed by atoms with Gasteiger partial charge in [0.25, 0.3) is 5.56 Å². The minimum absolute atomic E-state index is 0.0716. The maximum absolute atomic E-state index is 12.7. The monoisotopic (exact) mass is 468 g/mol. The molecule has 7 nitrogen and oxygen atoms in total. The average Bonchev–Trinajstić information content (AvgIpc) is 2.70. The number of nitrogens with one attached hydrogen (secondary N) is 2. The molecule has 0 aliphatic heterocycles. The largest absolute Gasteiger partial charge is 0.324 e. The lowest BCUT2D eigenvalue weighted by Gasteiger charge is -2.12. The molecule has 0 saturated heterocycles. The van der Waals surface area contributed by atoms with Gasteiger partial charge in [0.15, 0.2) is 0 Å². The number of hydrogen-bond donors (Lipinski definition) is 2. The minimum atomic E-state index is -0.552. The Hall–Kier alpha value is -3.26. The van der Waals surface area contributed by atoms with E-state index in [4.69, 9.17) is 0 Å². The number of aromatic nitrogens is 2. The molecular weight excluding hydrogens is 448 g/mol. The molecule has 0 fully saturated rings. The van der Waals surface area contributed by atoms with Crippen molar-refractivity contribution >= 4 is 39.1 Å². The van der Waals surface area contributed by atoms with Crippen molar-refractivity contribution in [3.05, 3.63) is 75.0 Å². The van der Waals surface area contributed by atoms with Crippen molar-refractivity contribution in [2.45, 2.75) is 26.8 Å². The second-order valence-electron chi connectivity index (χ2n) is 6.70. The van der Waals surface area contributed by atoms with Gasteiger partial charge in [0, 0.05) is 22.6 Å². The van der Waals surface area contributed by atoms with Crippen LogP contribution in [-0.4, -0.2) is 21.6 Å². The summed E-state index contributed by atoms with van der Waals surface area (Å²) in [6, 6.07) is 16.4. The molecule has 154 valence electrons. The molecule has 1 aromatic heterocycles. The summed E-state index contributed by atoms with van der Waals surface area (Å²) in [5.41, 5.74) is 2.54. The molecule has 2 N–H and O–H groups in total. The predicted molar refractivity (Wildman–Crippen MR) is 120 cm³/mol. The first-order valence-electron chi connectivity index (χ1n) is 9.40. The molecule has 0 bridgehead atoms. The van der Waals surface area contributed by atoms with Crippen LogP contribution in [0.15, 0.2) is 63.9 Å². The van der Waals surface area contributed by atoms with E-state index < -0.39 is 11.5 Å². The highest BCUT2D eigenvalue weighted by molar-refractivity contribution is 9.10. The summed E-state index contributed by atoms with van der Waals surface area (Å²) in [5.74, 6) is -0.786. The fourth-order valence-corrected chi connectivity index (χ4v) is 3.28. The number of nitrogens with zero attached hydrogens (tertiary/aromatic N) is 2. The van der Waals surface area contributed by atoms with Gasteiger partial charge in [0.1, 0.15) is 12.2 Å². The second-order valence-corrected chi connectivity index (χ2v) is 7.61. The van der Waals surface area contributed by atoms with E-state index in [9.17, 15) is 14.4 Å². The number of benzene rings is 2. The Morgan fingerprint density at radius 3 is 2.43 bits per heavy atom. The number of hydrogen-bond acceptors (Lipinski definition) is 4. The third-order valence-corrected chi connectivity index (χ3v) is 4.84. The normalized spacial score (nSPS) is 10.5. The van der Waals surface area contributed by atoms with Gasteiger partial charge in [-0.2, -0.15) is 5.10 Å². The molecule has 0 radical (unpaired) electrons. The molecule has 3 aromatic rings. The first-order chi connectivity index (χ1) is 14.4. The van der Waals surface area contributed by atoms with E-state index in [0.717, 1.165) is 21.1 Å². The van der Waals surface area contributed by atoms with Gasteiger partial charge in [0.2, 0.25) is 11.8 Å². The Labute approximate surface area is 182 Å². The fourth-order valence-electron chi connectivity index (χ4n) is 2.88. The molecule has 0 aliphatic carbocycles. The zero-order chi connectivity index (χ0) is 21.7. The SMILES string of the molecule is CCc1ccc(-c2cc(NC(C)=O)c(=O)n(CC(=O)Nc3cccc(Br)c3)n2)cc1. The van der Waals surface area contributed by atoms with E-state index in [1.165, 1.54) is 18.6 Å². The quantitative estimate of drug-likeness (QED) is 0.574. The number of carbonyl (C=O) groups excluding carboxylic acids is 2. The van der Waals surface area contributed by atoms with Gasteiger partial charge in [-0.25, -0.2) is 4.68 Å². The molecule has 2 amide bonds. The van der Waals surface area contributed by atoms with Crippen LogP contribution >= 0.6 is 15.9 Å². The Morgan fingerprint density at radius 2 is 1.80 bits per heavy atom. The number of aryl methyl sites for hydroxylation is 1. The average molecular weight is 469 g/mol. The number of halogens is 1. The van der Waals surface area contributed by atoms with Crippen LogP contribution in [0.5, 0.6) is 0 Å². The van der Waals surface area contributed by atoms with Gasteiger partial charge in [-0.05, 0) is 36.2 Å². The van der Waals surface area contributed by atoms with Gasteiger partial charge in [-0.3, -0.25) is 14.4 Å². The summed E-state index contributed by atoms with van der Waals surface area (Å²) in [7, 11) is 0. The van der Waals surface area contributed by atoms with Crippen LogP contribution in [0.25, 0.3) is 11.3 Å². The molecule has 0 saturated carbocycles. The summed E-state index contributed by atoms with van der Waals surface area (Å²) >= 11 is 3.35. The topological polar surface area (TPSA) is 93.1 Å². The van der Waals surface area contributed by atoms with Crippen molar-refractivity contribution in [2.24, 2.45) is 0 Å². The first-order valence-corrected chi connectivity index (χ1v) is 10.2. The van der Waals surface area contributed by atoms with Crippen molar-refractivity contribution in [1.82, 2.24) is 9.78 Å². The second kappa shape index (κ2) is 9.49. The number of rotatable bonds is 6. The first kappa shape index (κ1) is 21.4. The minimum Gasteiger partial charge on any atom is -0.324 e. The molecule has 3 rings (SSSR count). The standard InChI is InChI=1S/C22H21BrN4O3/c1-3-15-7-9-16(10-8-15)19-12-20(24-14(2)28)22(30)27(26-19)13-21(29)25-18-6-4-5-17(23)11-18/h4-12H,3,13H2,1-2H3,(H,24,28)(H,25,29). The predicted octanol–water partition coefficient (Wildman–Crippen LogP) is 3.83. The van der Waals surface area contributed by atoms with Gasteiger partial charge in [-0.15, -0.1) is 0 Å². The van der Waals surface area contributed by atoms with Crippen molar-refractivity contribution in [2.75, 3.05) is 10.6 Å². The van der Waals surface area contributed by atoms with Crippen LogP contribution in [0.2, 0.25) is 0 Å².